The highest BCUT2D eigenvalue weighted by Crippen LogP contribution is 2.24. The zero-order chi connectivity index (χ0) is 18.3. The summed E-state index contributed by atoms with van der Waals surface area (Å²) in [6, 6.07) is 0. The zero-order valence-corrected chi connectivity index (χ0v) is 18.7. The van der Waals surface area contributed by atoms with Gasteiger partial charge in [-0.1, -0.05) is 90.9 Å². The monoisotopic (exact) mass is 357 g/mol. The third-order valence-corrected chi connectivity index (χ3v) is 6.57. The minimum absolute atomic E-state index is 0. The van der Waals surface area contributed by atoms with Gasteiger partial charge in [0.05, 0.1) is 26.2 Å². The number of quaternary nitrogens is 1. The maximum atomic E-state index is 2.41. The van der Waals surface area contributed by atoms with Crippen LogP contribution in [-0.2, 0) is 0 Å². The molecule has 0 aliphatic heterocycles. The molecule has 154 valence electrons. The molecule has 0 bridgehead atoms. The van der Waals surface area contributed by atoms with Crippen LogP contribution in [0.25, 0.3) is 0 Å². The fraction of sp³-hybridized carbons (Fsp3) is 1.00. The van der Waals surface area contributed by atoms with E-state index in [0.717, 1.165) is 0 Å². The molecule has 0 radical (unpaired) electrons. The quantitative estimate of drug-likeness (QED) is 0.195. The molecule has 0 amide bonds. The Labute approximate surface area is 160 Å². The first-order valence-corrected chi connectivity index (χ1v) is 11.2. The first-order valence-electron chi connectivity index (χ1n) is 11.2. The minimum Gasteiger partial charge on any atom is -0.870 e. The first-order chi connectivity index (χ1) is 11.4. The lowest BCUT2D eigenvalue weighted by Crippen LogP contribution is -2.56. The molecule has 0 saturated heterocycles. The molecular weight excluding hydrogens is 306 g/mol. The van der Waals surface area contributed by atoms with Crippen molar-refractivity contribution in [3.05, 3.63) is 0 Å². The average Bonchev–Trinajstić information content (AvgIpc) is 2.55. The summed E-state index contributed by atoms with van der Waals surface area (Å²) in [4.78, 5) is 0. The van der Waals surface area contributed by atoms with Gasteiger partial charge < -0.3 is 9.96 Å². The lowest BCUT2D eigenvalue weighted by atomic mass is 9.96. The molecule has 0 unspecified atom stereocenters. The summed E-state index contributed by atoms with van der Waals surface area (Å²) >= 11 is 0. The fourth-order valence-electron chi connectivity index (χ4n) is 3.43. The first kappa shape index (κ1) is 27.1. The Bertz CT molecular complexity index is 273. The Morgan fingerprint density at radius 3 is 1.20 bits per heavy atom. The lowest BCUT2D eigenvalue weighted by molar-refractivity contribution is -0.938. The summed E-state index contributed by atoms with van der Waals surface area (Å²) in [6.07, 6.45) is 21.6. The van der Waals surface area contributed by atoms with Crippen LogP contribution in [0.2, 0.25) is 0 Å². The van der Waals surface area contributed by atoms with Crippen LogP contribution < -0.4 is 0 Å². The number of unbranched alkanes of at least 4 members (excludes halogenated alkanes) is 13. The lowest BCUT2D eigenvalue weighted by Gasteiger charge is -2.44. The van der Waals surface area contributed by atoms with Crippen LogP contribution in [0.15, 0.2) is 0 Å². The molecule has 0 aliphatic rings. The second kappa shape index (κ2) is 16.1. The van der Waals surface area contributed by atoms with Gasteiger partial charge in [0, 0.05) is 0 Å². The number of hydrogen-bond acceptors (Lipinski definition) is 1. The van der Waals surface area contributed by atoms with Gasteiger partial charge in [0.2, 0.25) is 0 Å². The largest absolute Gasteiger partial charge is 0.870 e. The van der Waals surface area contributed by atoms with Gasteiger partial charge in [0.1, 0.15) is 0 Å². The average molecular weight is 358 g/mol. The molecule has 2 nitrogen and oxygen atoms in total. The third kappa shape index (κ3) is 13.7. The van der Waals surface area contributed by atoms with Crippen LogP contribution in [0.5, 0.6) is 0 Å². The normalized spacial score (nSPS) is 12.2. The molecule has 0 fully saturated rings. The molecule has 0 aliphatic carbocycles. The van der Waals surface area contributed by atoms with Crippen LogP contribution in [-0.4, -0.2) is 36.1 Å². The second-order valence-electron chi connectivity index (χ2n) is 9.17. The van der Waals surface area contributed by atoms with E-state index in [1.165, 1.54) is 107 Å². The van der Waals surface area contributed by atoms with Crippen LogP contribution >= 0.6 is 0 Å². The maximum Gasteiger partial charge on any atom is 0.0928 e. The Morgan fingerprint density at radius 1 is 0.560 bits per heavy atom. The summed E-state index contributed by atoms with van der Waals surface area (Å²) < 4.78 is 1.17. The van der Waals surface area contributed by atoms with Crippen molar-refractivity contribution in [2.24, 2.45) is 0 Å². The Kier molecular flexibility index (Phi) is 17.5. The van der Waals surface area contributed by atoms with Gasteiger partial charge in [0.15, 0.2) is 0 Å². The van der Waals surface area contributed by atoms with E-state index in [4.69, 9.17) is 0 Å². The fourth-order valence-corrected chi connectivity index (χ4v) is 3.43. The van der Waals surface area contributed by atoms with Crippen LogP contribution in [0.1, 0.15) is 124 Å². The summed E-state index contributed by atoms with van der Waals surface area (Å²) in [5.74, 6) is 0. The van der Waals surface area contributed by atoms with E-state index >= 15 is 0 Å². The van der Waals surface area contributed by atoms with Crippen molar-refractivity contribution in [3.63, 3.8) is 0 Å². The topological polar surface area (TPSA) is 30.0 Å². The van der Waals surface area contributed by atoms with Gasteiger partial charge in [0.25, 0.3) is 0 Å². The van der Waals surface area contributed by atoms with Crippen molar-refractivity contribution in [1.29, 1.82) is 0 Å². The predicted molar refractivity (Wildman–Crippen MR) is 114 cm³/mol. The number of hydrogen-bond donors (Lipinski definition) is 0. The highest BCUT2D eigenvalue weighted by molar-refractivity contribution is 4.66. The molecular formula is C23H51NO. The maximum absolute atomic E-state index is 2.41. The number of nitrogens with zero attached hydrogens (tertiary/aromatic N) is 1. The molecule has 2 heteroatoms. The van der Waals surface area contributed by atoms with Gasteiger partial charge in [-0.3, -0.25) is 0 Å². The van der Waals surface area contributed by atoms with Gasteiger partial charge in [-0.15, -0.1) is 0 Å². The SMILES string of the molecule is CCCCCCCCCCCCCCCC[N+](C)(C)C(C)(C)CC.[OH-]. The van der Waals surface area contributed by atoms with Gasteiger partial charge in [-0.25, -0.2) is 0 Å². The molecule has 0 aromatic rings. The van der Waals surface area contributed by atoms with Gasteiger partial charge in [-0.05, 0) is 33.1 Å². The standard InChI is InChI=1S/C23H50N.H2O/c1-7-9-10-11-12-13-14-15-16-17-18-19-20-21-22-24(5,6)23(3,4)8-2;/h7-22H2,1-6H3;1H2/q+1;/p-1. The van der Waals surface area contributed by atoms with E-state index in [2.05, 4.69) is 41.8 Å². The molecule has 0 aromatic heterocycles. The smallest absolute Gasteiger partial charge is 0.0928 e. The molecule has 0 spiro atoms. The van der Waals surface area contributed by atoms with Crippen molar-refractivity contribution in [2.75, 3.05) is 20.6 Å². The zero-order valence-electron chi connectivity index (χ0n) is 18.7. The summed E-state index contributed by atoms with van der Waals surface area (Å²) in [5.41, 5.74) is 0.413. The van der Waals surface area contributed by atoms with E-state index in [1.807, 2.05) is 0 Å². The molecule has 25 heavy (non-hydrogen) atoms. The molecule has 0 heterocycles. The minimum atomic E-state index is 0. The van der Waals surface area contributed by atoms with Crippen molar-refractivity contribution in [3.8, 4) is 0 Å². The predicted octanol–water partition coefficient (Wildman–Crippen LogP) is 7.56. The molecule has 0 rings (SSSR count). The molecule has 1 N–H and O–H groups in total. The van der Waals surface area contributed by atoms with E-state index in [9.17, 15) is 0 Å². The molecule has 0 atom stereocenters. The summed E-state index contributed by atoms with van der Waals surface area (Å²) in [7, 11) is 4.82. The van der Waals surface area contributed by atoms with Crippen molar-refractivity contribution in [2.45, 2.75) is 130 Å². The Morgan fingerprint density at radius 2 is 0.880 bits per heavy atom. The van der Waals surface area contributed by atoms with E-state index in [-0.39, 0.29) is 5.48 Å². The van der Waals surface area contributed by atoms with E-state index in [1.54, 1.807) is 0 Å². The van der Waals surface area contributed by atoms with Gasteiger partial charge >= 0.3 is 0 Å². The Hall–Kier alpha value is -0.0800. The second-order valence-corrected chi connectivity index (χ2v) is 9.17. The van der Waals surface area contributed by atoms with Crippen molar-refractivity contribution < 1.29 is 9.96 Å². The van der Waals surface area contributed by atoms with E-state index < -0.39 is 0 Å². The third-order valence-electron chi connectivity index (χ3n) is 6.57. The highest BCUT2D eigenvalue weighted by atomic mass is 16.0. The number of rotatable bonds is 17. The van der Waals surface area contributed by atoms with Crippen LogP contribution in [0.4, 0.5) is 0 Å². The summed E-state index contributed by atoms with van der Waals surface area (Å²) in [6.45, 7) is 10.8. The summed E-state index contributed by atoms with van der Waals surface area (Å²) in [5, 5.41) is 0. The Balaban J connectivity index is 0. The van der Waals surface area contributed by atoms with Crippen molar-refractivity contribution in [1.82, 2.24) is 0 Å². The van der Waals surface area contributed by atoms with Crippen molar-refractivity contribution >= 4 is 0 Å². The highest BCUT2D eigenvalue weighted by Gasteiger charge is 2.33. The molecule has 0 saturated carbocycles. The van der Waals surface area contributed by atoms with E-state index in [0.29, 0.717) is 5.54 Å². The van der Waals surface area contributed by atoms with Crippen LogP contribution in [0.3, 0.4) is 0 Å². The van der Waals surface area contributed by atoms with Crippen LogP contribution in [0, 0.1) is 0 Å². The van der Waals surface area contributed by atoms with Gasteiger partial charge in [-0.2, -0.15) is 0 Å². The molecule has 0 aromatic carbocycles.